The van der Waals surface area contributed by atoms with Gasteiger partial charge in [0.25, 0.3) is 0 Å². The van der Waals surface area contributed by atoms with Crippen LogP contribution in [-0.4, -0.2) is 62.4 Å². The van der Waals surface area contributed by atoms with Gasteiger partial charge in [-0.25, -0.2) is 29.5 Å². The van der Waals surface area contributed by atoms with E-state index in [1.165, 1.54) is 59.6 Å². The molecule has 1 aliphatic heterocycles. The van der Waals surface area contributed by atoms with Gasteiger partial charge in [-0.2, -0.15) is 0 Å². The number of hydrogen-bond donors (Lipinski definition) is 1. The van der Waals surface area contributed by atoms with E-state index in [0.717, 1.165) is 19.9 Å². The molecule has 10 nitrogen and oxygen atoms in total. The van der Waals surface area contributed by atoms with E-state index in [0.29, 0.717) is 22.0 Å². The molecule has 0 radical (unpaired) electrons. The molecule has 0 aromatic carbocycles. The van der Waals surface area contributed by atoms with Gasteiger partial charge in [-0.3, -0.25) is 0 Å². The van der Waals surface area contributed by atoms with Gasteiger partial charge >= 0.3 is 11.9 Å². The topological polar surface area (TPSA) is 137 Å². The van der Waals surface area contributed by atoms with Gasteiger partial charge in [0.2, 0.25) is 0 Å². The smallest absolute Gasteiger partial charge is 0.357 e. The first-order valence-electron chi connectivity index (χ1n) is 11.3. The van der Waals surface area contributed by atoms with Crippen LogP contribution in [0.5, 0.6) is 0 Å². The third-order valence-corrected chi connectivity index (χ3v) is 9.15. The maximum atomic E-state index is 11.8. The average molecular weight is 595 g/mol. The number of hydrogen-bond acceptors (Lipinski definition) is 14. The number of rotatable bonds is 7. The van der Waals surface area contributed by atoms with Crippen LogP contribution in [0, 0.1) is 0 Å². The Balaban J connectivity index is 0.000000177. The number of methoxy groups -OCH3 is 2. The Kier molecular flexibility index (Phi) is 8.40. The predicted molar refractivity (Wildman–Crippen MR) is 147 cm³/mol. The van der Waals surface area contributed by atoms with Crippen molar-refractivity contribution < 1.29 is 28.9 Å². The van der Waals surface area contributed by atoms with E-state index in [9.17, 15) is 14.7 Å². The van der Waals surface area contributed by atoms with Crippen LogP contribution in [0.1, 0.15) is 64.5 Å². The normalized spacial score (nSPS) is 15.9. The summed E-state index contributed by atoms with van der Waals surface area (Å²) in [6, 6.07) is 0. The number of epoxide rings is 1. The summed E-state index contributed by atoms with van der Waals surface area (Å²) in [7, 11) is 2.67. The molecule has 4 aromatic heterocycles. The summed E-state index contributed by atoms with van der Waals surface area (Å²) in [6.07, 6.45) is 3.67. The number of carbonyl (C=O) groups is 2. The third kappa shape index (κ3) is 6.50. The summed E-state index contributed by atoms with van der Waals surface area (Å²) in [5.74, 6) is -0.918. The Labute approximate surface area is 235 Å². The minimum Gasteiger partial charge on any atom is -0.464 e. The van der Waals surface area contributed by atoms with Crippen LogP contribution in [0.2, 0.25) is 0 Å². The van der Waals surface area contributed by atoms with E-state index in [-0.39, 0.29) is 17.4 Å². The molecule has 5 heterocycles. The zero-order chi connectivity index (χ0) is 27.7. The lowest BCUT2D eigenvalue weighted by Gasteiger charge is -2.15. The first-order chi connectivity index (χ1) is 17.9. The zero-order valence-electron chi connectivity index (χ0n) is 21.5. The van der Waals surface area contributed by atoms with Gasteiger partial charge in [-0.15, -0.1) is 45.3 Å². The molecule has 0 amide bonds. The Morgan fingerprint density at radius 1 is 0.947 bits per heavy atom. The summed E-state index contributed by atoms with van der Waals surface area (Å²) in [4.78, 5) is 42.1. The maximum absolute atomic E-state index is 11.8. The number of thiazole rings is 4. The van der Waals surface area contributed by atoms with Crippen molar-refractivity contribution in [3.8, 4) is 20.0 Å². The number of aliphatic hydroxyl groups is 1. The fourth-order valence-electron chi connectivity index (χ4n) is 3.35. The summed E-state index contributed by atoms with van der Waals surface area (Å²) in [5, 5.41) is 16.6. The highest BCUT2D eigenvalue weighted by atomic mass is 32.1. The first-order valence-corrected chi connectivity index (χ1v) is 14.7. The molecule has 1 unspecified atom stereocenters. The molecule has 1 atom stereocenters. The molecule has 1 saturated heterocycles. The Morgan fingerprint density at radius 2 is 1.45 bits per heavy atom. The van der Waals surface area contributed by atoms with Gasteiger partial charge in [-0.1, -0.05) is 0 Å². The lowest BCUT2D eigenvalue weighted by Crippen LogP contribution is -2.22. The van der Waals surface area contributed by atoms with Crippen molar-refractivity contribution in [1.82, 2.24) is 19.9 Å². The number of aromatic nitrogens is 4. The Morgan fingerprint density at radius 3 is 1.89 bits per heavy atom. The van der Waals surface area contributed by atoms with E-state index in [2.05, 4.69) is 19.9 Å². The monoisotopic (exact) mass is 594 g/mol. The van der Waals surface area contributed by atoms with Gasteiger partial charge in [0.1, 0.15) is 6.10 Å². The molecule has 38 heavy (non-hydrogen) atoms. The number of esters is 2. The fourth-order valence-corrected chi connectivity index (χ4v) is 7.24. The molecule has 202 valence electrons. The Hall–Kier alpha value is -2.62. The van der Waals surface area contributed by atoms with Gasteiger partial charge in [0, 0.05) is 34.5 Å². The highest BCUT2D eigenvalue weighted by Gasteiger charge is 2.52. The van der Waals surface area contributed by atoms with Crippen LogP contribution in [0.25, 0.3) is 20.0 Å². The lowest BCUT2D eigenvalue weighted by molar-refractivity contribution is 0.0580. The number of nitrogens with zero attached hydrogens (tertiary/aromatic N) is 4. The van der Waals surface area contributed by atoms with E-state index in [1.807, 2.05) is 24.6 Å². The molecule has 14 heteroatoms. The zero-order valence-corrected chi connectivity index (χ0v) is 24.8. The number of carbonyl (C=O) groups excluding carboxylic acids is 2. The summed E-state index contributed by atoms with van der Waals surface area (Å²) in [6.45, 7) is 7.36. The van der Waals surface area contributed by atoms with Crippen LogP contribution < -0.4 is 0 Å². The summed E-state index contributed by atoms with van der Waals surface area (Å²) in [5.41, 5.74) is -0.543. The second-order valence-electron chi connectivity index (χ2n) is 9.27. The molecule has 5 rings (SSSR count). The van der Waals surface area contributed by atoms with Crippen molar-refractivity contribution in [2.45, 2.75) is 51.4 Å². The molecule has 0 bridgehead atoms. The molecular weight excluding hydrogens is 569 g/mol. The van der Waals surface area contributed by atoms with Crippen molar-refractivity contribution >= 4 is 57.3 Å². The molecular formula is C24H26N4O6S4. The summed E-state index contributed by atoms with van der Waals surface area (Å²) < 4.78 is 15.1. The number of ether oxygens (including phenoxy) is 3. The van der Waals surface area contributed by atoms with Crippen molar-refractivity contribution in [2.75, 3.05) is 14.2 Å². The Bertz CT molecular complexity index is 1400. The molecule has 0 saturated carbocycles. The second kappa shape index (κ2) is 11.2. The third-order valence-electron chi connectivity index (χ3n) is 5.17. The quantitative estimate of drug-likeness (QED) is 0.222. The maximum Gasteiger partial charge on any atom is 0.357 e. The molecule has 4 aromatic rings. The van der Waals surface area contributed by atoms with Gasteiger partial charge in [0.15, 0.2) is 31.4 Å². The standard InChI is InChI=1S/C12H12N2O3S2.C12H14N2O3S2/c1-12(2)8(17-12)7-6(11(15)16-3)14-10(19-7)9-13-4-5-18-9;1-12(2,16)6-7-8(11(15)17-3)14-10(19-7)9-13-4-5-18-9/h4-5,8H,1-3H3;4-5,16H,6H2,1-3H3. The average Bonchev–Trinajstić information content (AvgIpc) is 3.52. The van der Waals surface area contributed by atoms with Crippen molar-refractivity contribution in [3.05, 3.63) is 44.3 Å². The summed E-state index contributed by atoms with van der Waals surface area (Å²) >= 11 is 5.76. The predicted octanol–water partition coefficient (Wildman–Crippen LogP) is 5.27. The largest absolute Gasteiger partial charge is 0.464 e. The van der Waals surface area contributed by atoms with E-state index in [1.54, 1.807) is 26.2 Å². The van der Waals surface area contributed by atoms with Crippen molar-refractivity contribution in [3.63, 3.8) is 0 Å². The van der Waals surface area contributed by atoms with E-state index in [4.69, 9.17) is 14.2 Å². The minimum atomic E-state index is -0.907. The molecule has 0 spiro atoms. The first kappa shape index (κ1) is 28.4. The molecule has 1 fully saturated rings. The second-order valence-corrected chi connectivity index (χ2v) is 13.2. The van der Waals surface area contributed by atoms with Crippen LogP contribution in [-0.2, 0) is 20.6 Å². The minimum absolute atomic E-state index is 0.0900. The van der Waals surface area contributed by atoms with E-state index < -0.39 is 17.5 Å². The van der Waals surface area contributed by atoms with Crippen LogP contribution >= 0.6 is 45.3 Å². The van der Waals surface area contributed by atoms with Crippen molar-refractivity contribution in [1.29, 1.82) is 0 Å². The van der Waals surface area contributed by atoms with Gasteiger partial charge < -0.3 is 19.3 Å². The fraction of sp³-hybridized carbons (Fsp3) is 0.417. The molecule has 1 N–H and O–H groups in total. The SMILES string of the molecule is COC(=O)c1nc(-c2nccs2)sc1C1OC1(C)C.COC(=O)c1nc(-c2nccs2)sc1CC(C)(C)O. The molecule has 1 aliphatic rings. The highest BCUT2D eigenvalue weighted by molar-refractivity contribution is 7.21. The van der Waals surface area contributed by atoms with Crippen LogP contribution in [0.3, 0.4) is 0 Å². The highest BCUT2D eigenvalue weighted by Crippen LogP contribution is 2.52. The van der Waals surface area contributed by atoms with E-state index >= 15 is 0 Å². The van der Waals surface area contributed by atoms with Gasteiger partial charge in [-0.05, 0) is 27.7 Å². The van der Waals surface area contributed by atoms with Crippen LogP contribution in [0.4, 0.5) is 0 Å². The van der Waals surface area contributed by atoms with Gasteiger partial charge in [0.05, 0.1) is 30.3 Å². The lowest BCUT2D eigenvalue weighted by atomic mass is 10.0. The van der Waals surface area contributed by atoms with Crippen molar-refractivity contribution in [2.24, 2.45) is 0 Å². The molecule has 0 aliphatic carbocycles. The van der Waals surface area contributed by atoms with Crippen LogP contribution in [0.15, 0.2) is 23.2 Å².